The highest BCUT2D eigenvalue weighted by Crippen LogP contribution is 1.95. The highest BCUT2D eigenvalue weighted by molar-refractivity contribution is 5.78. The fraction of sp³-hybridized carbons (Fsp3) is 0.800. The van der Waals surface area contributed by atoms with Crippen LogP contribution in [0.5, 0.6) is 0 Å². The van der Waals surface area contributed by atoms with Crippen molar-refractivity contribution in [2.24, 2.45) is 0 Å². The van der Waals surface area contributed by atoms with E-state index in [4.69, 9.17) is 0 Å². The van der Waals surface area contributed by atoms with Crippen LogP contribution in [0.1, 0.15) is 47.0 Å². The Morgan fingerprint density at radius 2 is 1.69 bits per heavy atom. The third-order valence-corrected chi connectivity index (χ3v) is 1.31. The summed E-state index contributed by atoms with van der Waals surface area (Å²) in [5, 5.41) is 2.67. The first kappa shape index (κ1) is 14.7. The Balaban J connectivity index is 0. The van der Waals surface area contributed by atoms with Gasteiger partial charge in [-0.1, -0.05) is 13.8 Å². The van der Waals surface area contributed by atoms with Crippen molar-refractivity contribution in [2.75, 3.05) is 6.54 Å². The van der Waals surface area contributed by atoms with Gasteiger partial charge in [0, 0.05) is 19.4 Å². The van der Waals surface area contributed by atoms with Gasteiger partial charge in [-0.05, 0) is 20.3 Å². The van der Waals surface area contributed by atoms with Crippen molar-refractivity contribution in [1.29, 1.82) is 0 Å². The molecule has 0 bridgehead atoms. The van der Waals surface area contributed by atoms with Gasteiger partial charge in [-0.3, -0.25) is 4.79 Å². The summed E-state index contributed by atoms with van der Waals surface area (Å²) in [7, 11) is 0. The zero-order valence-electron chi connectivity index (χ0n) is 9.14. The topological polar surface area (TPSA) is 46.2 Å². The summed E-state index contributed by atoms with van der Waals surface area (Å²) in [6.07, 6.45) is 1.64. The maximum atomic E-state index is 10.8. The average Bonchev–Trinajstić information content (AvgIpc) is 2.08. The van der Waals surface area contributed by atoms with Crippen molar-refractivity contribution < 1.29 is 9.59 Å². The first-order valence-corrected chi connectivity index (χ1v) is 4.93. The van der Waals surface area contributed by atoms with Gasteiger partial charge in [0.25, 0.3) is 0 Å². The Hall–Kier alpha value is -0.860. The van der Waals surface area contributed by atoms with Crippen LogP contribution < -0.4 is 5.32 Å². The van der Waals surface area contributed by atoms with Crippen LogP contribution in [0.25, 0.3) is 0 Å². The molecule has 0 spiro atoms. The molecule has 0 aromatic heterocycles. The normalized spacial score (nSPS) is 8.31. The second-order valence-electron chi connectivity index (χ2n) is 2.51. The van der Waals surface area contributed by atoms with E-state index in [1.807, 2.05) is 20.8 Å². The van der Waals surface area contributed by atoms with Gasteiger partial charge in [-0.25, -0.2) is 0 Å². The van der Waals surface area contributed by atoms with Gasteiger partial charge < -0.3 is 10.1 Å². The second kappa shape index (κ2) is 11.1. The molecule has 3 nitrogen and oxygen atoms in total. The van der Waals surface area contributed by atoms with Crippen molar-refractivity contribution in [3.8, 4) is 0 Å². The summed E-state index contributed by atoms with van der Waals surface area (Å²) in [4.78, 5) is 21.3. The monoisotopic (exact) mass is 187 g/mol. The van der Waals surface area contributed by atoms with Gasteiger partial charge in [0.1, 0.15) is 5.78 Å². The van der Waals surface area contributed by atoms with Crippen LogP contribution in [0.15, 0.2) is 0 Å². The number of ketones is 1. The fourth-order valence-electron chi connectivity index (χ4n) is 0.783. The van der Waals surface area contributed by atoms with Crippen LogP contribution in [-0.2, 0) is 9.59 Å². The van der Waals surface area contributed by atoms with Crippen LogP contribution in [0, 0.1) is 0 Å². The van der Waals surface area contributed by atoms with E-state index < -0.39 is 0 Å². The fourth-order valence-corrected chi connectivity index (χ4v) is 0.783. The van der Waals surface area contributed by atoms with Crippen LogP contribution in [-0.4, -0.2) is 18.2 Å². The van der Waals surface area contributed by atoms with Crippen LogP contribution in [0.2, 0.25) is 0 Å². The average molecular weight is 187 g/mol. The number of rotatable bonds is 5. The maximum absolute atomic E-state index is 10.8. The van der Waals surface area contributed by atoms with Crippen molar-refractivity contribution in [1.82, 2.24) is 5.32 Å². The quantitative estimate of drug-likeness (QED) is 0.714. The first-order valence-electron chi connectivity index (χ1n) is 4.93. The molecule has 1 N–H and O–H groups in total. The summed E-state index contributed by atoms with van der Waals surface area (Å²) >= 11 is 0. The number of nitrogens with one attached hydrogen (secondary N) is 1. The molecular weight excluding hydrogens is 166 g/mol. The lowest BCUT2D eigenvalue weighted by Gasteiger charge is -1.99. The second-order valence-corrected chi connectivity index (χ2v) is 2.51. The minimum absolute atomic E-state index is 0.0359. The van der Waals surface area contributed by atoms with E-state index in [0.717, 1.165) is 0 Å². The minimum Gasteiger partial charge on any atom is -0.356 e. The SMILES string of the molecule is CC.CCNC(=O)CCCC(C)=O. The Bertz CT molecular complexity index is 144. The molecule has 0 fully saturated rings. The largest absolute Gasteiger partial charge is 0.356 e. The number of carbonyl (C=O) groups excluding carboxylic acids is 2. The van der Waals surface area contributed by atoms with Gasteiger partial charge in [-0.15, -0.1) is 0 Å². The molecule has 0 aliphatic rings. The van der Waals surface area contributed by atoms with E-state index in [9.17, 15) is 9.59 Å². The van der Waals surface area contributed by atoms with Crippen LogP contribution >= 0.6 is 0 Å². The molecule has 0 unspecified atom stereocenters. The molecule has 0 aliphatic heterocycles. The predicted molar refractivity (Wildman–Crippen MR) is 54.6 cm³/mol. The van der Waals surface area contributed by atoms with Gasteiger partial charge in [0.05, 0.1) is 0 Å². The Labute approximate surface area is 80.9 Å². The molecule has 78 valence electrons. The lowest BCUT2D eigenvalue weighted by molar-refractivity contribution is -0.121. The maximum Gasteiger partial charge on any atom is 0.219 e. The molecule has 1 amide bonds. The first-order chi connectivity index (χ1) is 6.16. The molecule has 0 rings (SSSR count). The number of Topliss-reactive ketones (excluding diaryl/α,β-unsaturated/α-hetero) is 1. The Kier molecular flexibility index (Phi) is 12.6. The van der Waals surface area contributed by atoms with E-state index in [-0.39, 0.29) is 11.7 Å². The lowest BCUT2D eigenvalue weighted by Crippen LogP contribution is -2.22. The summed E-state index contributed by atoms with van der Waals surface area (Å²) in [5.41, 5.74) is 0. The number of carbonyl (C=O) groups is 2. The highest BCUT2D eigenvalue weighted by Gasteiger charge is 1.99. The summed E-state index contributed by atoms with van der Waals surface area (Å²) in [5.74, 6) is 0.183. The van der Waals surface area contributed by atoms with Crippen molar-refractivity contribution >= 4 is 11.7 Å². The molecule has 0 heterocycles. The van der Waals surface area contributed by atoms with Crippen molar-refractivity contribution in [2.45, 2.75) is 47.0 Å². The van der Waals surface area contributed by atoms with Gasteiger partial charge >= 0.3 is 0 Å². The molecule has 13 heavy (non-hydrogen) atoms. The van der Waals surface area contributed by atoms with E-state index in [0.29, 0.717) is 25.8 Å². The highest BCUT2D eigenvalue weighted by atomic mass is 16.1. The minimum atomic E-state index is 0.0359. The molecule has 0 saturated heterocycles. The van der Waals surface area contributed by atoms with Crippen molar-refractivity contribution in [3.05, 3.63) is 0 Å². The summed E-state index contributed by atoms with van der Waals surface area (Å²) < 4.78 is 0. The van der Waals surface area contributed by atoms with E-state index >= 15 is 0 Å². The van der Waals surface area contributed by atoms with Crippen LogP contribution in [0.4, 0.5) is 0 Å². The molecule has 0 atom stereocenters. The molecule has 0 aromatic carbocycles. The number of hydrogen-bond donors (Lipinski definition) is 1. The molecular formula is C10H21NO2. The van der Waals surface area contributed by atoms with E-state index in [1.165, 1.54) is 6.92 Å². The van der Waals surface area contributed by atoms with E-state index in [1.54, 1.807) is 0 Å². The predicted octanol–water partition coefficient (Wildman–Crippen LogP) is 1.91. The summed E-state index contributed by atoms with van der Waals surface area (Å²) in [6, 6.07) is 0. The van der Waals surface area contributed by atoms with Crippen molar-refractivity contribution in [3.63, 3.8) is 0 Å². The molecule has 0 aliphatic carbocycles. The molecule has 0 aromatic rings. The Morgan fingerprint density at radius 1 is 1.15 bits per heavy atom. The third-order valence-electron chi connectivity index (χ3n) is 1.31. The summed E-state index contributed by atoms with van der Waals surface area (Å²) in [6.45, 7) is 8.08. The smallest absolute Gasteiger partial charge is 0.219 e. The zero-order chi connectivity index (χ0) is 10.7. The Morgan fingerprint density at radius 3 is 2.08 bits per heavy atom. The van der Waals surface area contributed by atoms with E-state index in [2.05, 4.69) is 5.32 Å². The molecule has 3 heteroatoms. The molecule has 0 radical (unpaired) electrons. The third kappa shape index (κ3) is 14.0. The zero-order valence-corrected chi connectivity index (χ0v) is 9.14. The molecule has 0 saturated carbocycles. The lowest BCUT2D eigenvalue weighted by atomic mass is 10.2. The van der Waals surface area contributed by atoms with Gasteiger partial charge in [0.2, 0.25) is 5.91 Å². The number of amides is 1. The standard InChI is InChI=1S/C8H15NO2.C2H6/c1-3-9-8(11)6-4-5-7(2)10;1-2/h3-6H2,1-2H3,(H,9,11);1-2H3. The van der Waals surface area contributed by atoms with Gasteiger partial charge in [-0.2, -0.15) is 0 Å². The van der Waals surface area contributed by atoms with Gasteiger partial charge in [0.15, 0.2) is 0 Å². The number of hydrogen-bond acceptors (Lipinski definition) is 2. The van der Waals surface area contributed by atoms with Crippen LogP contribution in [0.3, 0.4) is 0 Å².